The smallest absolute Gasteiger partial charge is 0.261 e. The van der Waals surface area contributed by atoms with Gasteiger partial charge in [-0.2, -0.15) is 0 Å². The van der Waals surface area contributed by atoms with Crippen LogP contribution >= 0.6 is 11.3 Å². The first-order valence-corrected chi connectivity index (χ1v) is 7.98. The number of hydrogen-bond acceptors (Lipinski definition) is 3. The molecule has 0 aliphatic heterocycles. The average Bonchev–Trinajstić information content (AvgIpc) is 2.60. The lowest BCUT2D eigenvalue weighted by molar-refractivity contribution is 0.0927. The molecule has 0 bridgehead atoms. The number of aliphatic hydroxyl groups excluding tert-OH is 1. The molecule has 0 saturated heterocycles. The van der Waals surface area contributed by atoms with Gasteiger partial charge in [0.25, 0.3) is 5.91 Å². The fraction of sp³-hybridized carbons (Fsp3) is 0.667. The largest absolute Gasteiger partial charge is 0.393 e. The Morgan fingerprint density at radius 2 is 2.11 bits per heavy atom. The van der Waals surface area contributed by atoms with Crippen molar-refractivity contribution < 1.29 is 9.90 Å². The third-order valence-electron chi connectivity index (χ3n) is 3.54. The van der Waals surface area contributed by atoms with Crippen LogP contribution in [0.5, 0.6) is 0 Å². The number of aliphatic hydroxyl groups is 1. The summed E-state index contributed by atoms with van der Waals surface area (Å²) in [7, 11) is 0. The second-order valence-corrected chi connectivity index (χ2v) is 6.72. The summed E-state index contributed by atoms with van der Waals surface area (Å²) in [4.78, 5) is 14.4. The van der Waals surface area contributed by atoms with Crippen LogP contribution in [0.15, 0.2) is 6.07 Å². The van der Waals surface area contributed by atoms with Crippen LogP contribution in [0.2, 0.25) is 0 Å². The van der Waals surface area contributed by atoms with Crippen LogP contribution in [0, 0.1) is 0 Å². The van der Waals surface area contributed by atoms with Gasteiger partial charge in [0.15, 0.2) is 0 Å². The molecule has 0 radical (unpaired) electrons. The van der Waals surface area contributed by atoms with E-state index < -0.39 is 0 Å². The maximum Gasteiger partial charge on any atom is 0.261 e. The Morgan fingerprint density at radius 1 is 1.37 bits per heavy atom. The van der Waals surface area contributed by atoms with Gasteiger partial charge in [0.05, 0.1) is 11.0 Å². The Morgan fingerprint density at radius 3 is 2.84 bits per heavy atom. The Balaban J connectivity index is 2.00. The molecule has 1 aliphatic rings. The number of carbonyl (C=O) groups is 1. The summed E-state index contributed by atoms with van der Waals surface area (Å²) < 4.78 is 0. The van der Waals surface area contributed by atoms with Gasteiger partial charge in [0.2, 0.25) is 0 Å². The lowest BCUT2D eigenvalue weighted by Gasteiger charge is -2.14. The van der Waals surface area contributed by atoms with Crippen LogP contribution in [0.1, 0.15) is 59.6 Å². The summed E-state index contributed by atoms with van der Waals surface area (Å²) in [6, 6.07) is 2.07. The van der Waals surface area contributed by atoms with Gasteiger partial charge in [0.1, 0.15) is 0 Å². The third kappa shape index (κ3) is 4.05. The van der Waals surface area contributed by atoms with Crippen molar-refractivity contribution in [3.63, 3.8) is 0 Å². The van der Waals surface area contributed by atoms with Gasteiger partial charge in [-0.25, -0.2) is 0 Å². The molecule has 2 unspecified atom stereocenters. The van der Waals surface area contributed by atoms with E-state index >= 15 is 0 Å². The van der Waals surface area contributed by atoms with E-state index in [0.29, 0.717) is 6.42 Å². The summed E-state index contributed by atoms with van der Waals surface area (Å²) in [6.45, 7) is 3.68. The van der Waals surface area contributed by atoms with E-state index in [4.69, 9.17) is 0 Å². The second-order valence-electron chi connectivity index (χ2n) is 5.58. The highest BCUT2D eigenvalue weighted by Gasteiger charge is 2.18. The van der Waals surface area contributed by atoms with Crippen molar-refractivity contribution >= 4 is 17.2 Å². The first-order chi connectivity index (χ1) is 9.06. The van der Waals surface area contributed by atoms with Gasteiger partial charge >= 0.3 is 0 Å². The Bertz CT molecular complexity index is 416. The number of thiophene rings is 1. The van der Waals surface area contributed by atoms with Crippen LogP contribution < -0.4 is 5.32 Å². The predicted molar refractivity (Wildman–Crippen MR) is 78.8 cm³/mol. The number of aryl methyl sites for hydroxylation is 2. The molecular weight excluding hydrogens is 258 g/mol. The van der Waals surface area contributed by atoms with Crippen LogP contribution in [-0.4, -0.2) is 23.2 Å². The molecule has 2 atom stereocenters. The van der Waals surface area contributed by atoms with E-state index in [-0.39, 0.29) is 18.1 Å². The van der Waals surface area contributed by atoms with Crippen molar-refractivity contribution in [1.29, 1.82) is 0 Å². The fourth-order valence-corrected chi connectivity index (χ4v) is 3.80. The highest BCUT2D eigenvalue weighted by Crippen LogP contribution is 2.28. The normalized spacial score (nSPS) is 18.3. The molecule has 0 aromatic carbocycles. The Kier molecular flexibility index (Phi) is 4.99. The van der Waals surface area contributed by atoms with Crippen molar-refractivity contribution in [2.24, 2.45) is 0 Å². The van der Waals surface area contributed by atoms with E-state index in [1.54, 1.807) is 18.3 Å². The zero-order valence-electron chi connectivity index (χ0n) is 11.7. The third-order valence-corrected chi connectivity index (χ3v) is 4.78. The summed E-state index contributed by atoms with van der Waals surface area (Å²) >= 11 is 1.64. The molecule has 1 aliphatic carbocycles. The molecule has 1 amide bonds. The zero-order valence-corrected chi connectivity index (χ0v) is 12.6. The quantitative estimate of drug-likeness (QED) is 0.834. The van der Waals surface area contributed by atoms with Crippen molar-refractivity contribution in [1.82, 2.24) is 5.32 Å². The van der Waals surface area contributed by atoms with Crippen LogP contribution in [0.4, 0.5) is 0 Å². The lowest BCUT2D eigenvalue weighted by atomic mass is 10.1. The van der Waals surface area contributed by atoms with Gasteiger partial charge in [0, 0.05) is 10.9 Å². The van der Waals surface area contributed by atoms with Crippen molar-refractivity contribution in [2.45, 2.75) is 64.5 Å². The van der Waals surface area contributed by atoms with Gasteiger partial charge in [-0.3, -0.25) is 4.79 Å². The standard InChI is InChI=1S/C15H23NO2S/c1-10(8-11(2)17)16-15(18)14-9-12-6-4-3-5-7-13(12)19-14/h9-11,17H,3-8H2,1-2H3,(H,16,18). The summed E-state index contributed by atoms with van der Waals surface area (Å²) in [5.74, 6) is 0.00576. The molecule has 2 rings (SSSR count). The van der Waals surface area contributed by atoms with Crippen LogP contribution in [0.3, 0.4) is 0 Å². The van der Waals surface area contributed by atoms with Gasteiger partial charge in [-0.05, 0) is 57.6 Å². The van der Waals surface area contributed by atoms with E-state index in [1.165, 1.54) is 29.7 Å². The van der Waals surface area contributed by atoms with Gasteiger partial charge in [-0.15, -0.1) is 11.3 Å². The number of rotatable bonds is 4. The van der Waals surface area contributed by atoms with Gasteiger partial charge in [-0.1, -0.05) is 6.42 Å². The topological polar surface area (TPSA) is 49.3 Å². The first kappa shape index (κ1) is 14.5. The number of nitrogens with one attached hydrogen (secondary N) is 1. The predicted octanol–water partition coefficient (Wildman–Crippen LogP) is 2.91. The maximum atomic E-state index is 12.2. The molecule has 0 spiro atoms. The zero-order chi connectivity index (χ0) is 13.8. The minimum absolute atomic E-state index is 0.00576. The van der Waals surface area contributed by atoms with Crippen molar-refractivity contribution in [2.75, 3.05) is 0 Å². The number of amides is 1. The highest BCUT2D eigenvalue weighted by atomic mass is 32.1. The van der Waals surface area contributed by atoms with E-state index in [0.717, 1.165) is 17.7 Å². The number of fused-ring (bicyclic) bond motifs is 1. The molecule has 106 valence electrons. The van der Waals surface area contributed by atoms with E-state index in [2.05, 4.69) is 11.4 Å². The van der Waals surface area contributed by atoms with Crippen molar-refractivity contribution in [3.05, 3.63) is 21.4 Å². The molecule has 0 fully saturated rings. The Hall–Kier alpha value is -0.870. The molecule has 4 heteroatoms. The summed E-state index contributed by atoms with van der Waals surface area (Å²) in [5, 5.41) is 12.3. The Labute approximate surface area is 119 Å². The van der Waals surface area contributed by atoms with Crippen molar-refractivity contribution in [3.8, 4) is 0 Å². The monoisotopic (exact) mass is 281 g/mol. The van der Waals surface area contributed by atoms with Crippen LogP contribution in [-0.2, 0) is 12.8 Å². The average molecular weight is 281 g/mol. The minimum Gasteiger partial charge on any atom is -0.393 e. The first-order valence-electron chi connectivity index (χ1n) is 7.16. The molecule has 19 heavy (non-hydrogen) atoms. The molecule has 2 N–H and O–H groups in total. The highest BCUT2D eigenvalue weighted by molar-refractivity contribution is 7.14. The molecule has 3 nitrogen and oxygen atoms in total. The molecule has 0 saturated carbocycles. The van der Waals surface area contributed by atoms with Gasteiger partial charge < -0.3 is 10.4 Å². The van der Waals surface area contributed by atoms with E-state index in [9.17, 15) is 9.90 Å². The summed E-state index contributed by atoms with van der Waals surface area (Å²) in [6.07, 6.45) is 6.23. The molecule has 1 aromatic heterocycles. The molecule has 1 aromatic rings. The number of carbonyl (C=O) groups excluding carboxylic acids is 1. The molecular formula is C15H23NO2S. The number of hydrogen-bond donors (Lipinski definition) is 2. The summed E-state index contributed by atoms with van der Waals surface area (Å²) in [5.41, 5.74) is 1.37. The lowest BCUT2D eigenvalue weighted by Crippen LogP contribution is -2.34. The minimum atomic E-state index is -0.379. The maximum absolute atomic E-state index is 12.2. The van der Waals surface area contributed by atoms with E-state index in [1.807, 2.05) is 6.92 Å². The van der Waals surface area contributed by atoms with Crippen LogP contribution in [0.25, 0.3) is 0 Å². The fourth-order valence-electron chi connectivity index (χ4n) is 2.64. The SMILES string of the molecule is CC(O)CC(C)NC(=O)c1cc2c(s1)CCCCC2. The second kappa shape index (κ2) is 6.53. The molecule has 1 heterocycles.